The van der Waals surface area contributed by atoms with Crippen LogP contribution in [0.25, 0.3) is 0 Å². The van der Waals surface area contributed by atoms with Gasteiger partial charge in [0.25, 0.3) is 0 Å². The molecule has 0 amide bonds. The second-order valence-electron chi connectivity index (χ2n) is 7.16. The van der Waals surface area contributed by atoms with Crippen molar-refractivity contribution in [3.05, 3.63) is 40.6 Å². The van der Waals surface area contributed by atoms with Crippen molar-refractivity contribution in [2.24, 2.45) is 0 Å². The molecule has 26 heavy (non-hydrogen) atoms. The lowest BCUT2D eigenvalue weighted by molar-refractivity contribution is 0.256. The first-order chi connectivity index (χ1) is 12.4. The molecule has 2 N–H and O–H groups in total. The quantitative estimate of drug-likeness (QED) is 0.845. The van der Waals surface area contributed by atoms with E-state index in [-0.39, 0.29) is 12.6 Å². The van der Waals surface area contributed by atoms with Crippen LogP contribution in [0.1, 0.15) is 35.7 Å². The predicted molar refractivity (Wildman–Crippen MR) is 107 cm³/mol. The van der Waals surface area contributed by atoms with Crippen LogP contribution in [0.2, 0.25) is 0 Å². The third-order valence-corrected chi connectivity index (χ3v) is 4.98. The van der Waals surface area contributed by atoms with Gasteiger partial charge in [-0.25, -0.2) is 4.98 Å². The zero-order chi connectivity index (χ0) is 18.8. The molecule has 2 aromatic rings. The number of nitrogens with zero attached hydrogens (tertiary/aromatic N) is 2. The van der Waals surface area contributed by atoms with Gasteiger partial charge in [-0.2, -0.15) is 0 Å². The first kappa shape index (κ1) is 18.5. The summed E-state index contributed by atoms with van der Waals surface area (Å²) in [6.45, 7) is 12.1. The van der Waals surface area contributed by atoms with Gasteiger partial charge < -0.3 is 20.1 Å². The molecule has 140 valence electrons. The van der Waals surface area contributed by atoms with E-state index in [0.717, 1.165) is 53.5 Å². The zero-order valence-corrected chi connectivity index (χ0v) is 16.4. The number of aromatic nitrogens is 1. The van der Waals surface area contributed by atoms with E-state index in [0.29, 0.717) is 5.88 Å². The largest absolute Gasteiger partial charge is 0.436 e. The Morgan fingerprint density at radius 1 is 1.19 bits per heavy atom. The molecule has 2 heterocycles. The van der Waals surface area contributed by atoms with E-state index in [1.54, 1.807) is 0 Å². The average Bonchev–Trinajstić information content (AvgIpc) is 2.59. The lowest BCUT2D eigenvalue weighted by Crippen LogP contribution is -2.43. The van der Waals surface area contributed by atoms with Crippen molar-refractivity contribution in [2.45, 2.75) is 47.1 Å². The van der Waals surface area contributed by atoms with Gasteiger partial charge in [0.05, 0.1) is 18.3 Å². The number of nitrogens with one attached hydrogen (secondary N) is 1. The van der Waals surface area contributed by atoms with Gasteiger partial charge in [-0.15, -0.1) is 0 Å². The standard InChI is InChI=1S/C21H29N3O2/c1-6-17(12-25)24-8-7-22-19-18(24)11-16(5)23-21(19)26-20-14(3)9-13(2)10-15(20)4/h9-11,17,22,25H,6-8,12H2,1-5H3. The smallest absolute Gasteiger partial charge is 0.245 e. The number of rotatable bonds is 5. The van der Waals surface area contributed by atoms with Gasteiger partial charge in [0, 0.05) is 18.8 Å². The normalized spacial score (nSPS) is 14.6. The minimum atomic E-state index is 0.105. The predicted octanol–water partition coefficient (Wildman–Crippen LogP) is 4.11. The van der Waals surface area contributed by atoms with Gasteiger partial charge in [0.1, 0.15) is 11.4 Å². The molecule has 1 aromatic heterocycles. The van der Waals surface area contributed by atoms with Gasteiger partial charge in [-0.05, 0) is 51.3 Å². The van der Waals surface area contributed by atoms with Gasteiger partial charge >= 0.3 is 0 Å². The van der Waals surface area contributed by atoms with E-state index in [2.05, 4.69) is 61.1 Å². The SMILES string of the molecule is CCC(CO)N1CCNc2c1cc(C)nc2Oc1c(C)cc(C)cc1C. The Kier molecular flexibility index (Phi) is 5.37. The maximum Gasteiger partial charge on any atom is 0.245 e. The highest BCUT2D eigenvalue weighted by molar-refractivity contribution is 5.78. The third kappa shape index (κ3) is 3.49. The first-order valence-corrected chi connectivity index (χ1v) is 9.33. The van der Waals surface area contributed by atoms with E-state index in [9.17, 15) is 5.11 Å². The molecule has 1 unspecified atom stereocenters. The number of ether oxygens (including phenoxy) is 1. The molecule has 3 rings (SSSR count). The summed E-state index contributed by atoms with van der Waals surface area (Å²) in [5.74, 6) is 1.47. The highest BCUT2D eigenvalue weighted by atomic mass is 16.5. The third-order valence-electron chi connectivity index (χ3n) is 4.98. The summed E-state index contributed by atoms with van der Waals surface area (Å²) in [7, 11) is 0. The van der Waals surface area contributed by atoms with E-state index in [4.69, 9.17) is 4.74 Å². The second kappa shape index (κ2) is 7.54. The first-order valence-electron chi connectivity index (χ1n) is 9.33. The van der Waals surface area contributed by atoms with Crippen molar-refractivity contribution in [1.29, 1.82) is 0 Å². The molecule has 0 aliphatic carbocycles. The molecule has 5 heteroatoms. The number of pyridine rings is 1. The fourth-order valence-corrected chi connectivity index (χ4v) is 3.77. The molecule has 0 fully saturated rings. The Labute approximate surface area is 156 Å². The second-order valence-corrected chi connectivity index (χ2v) is 7.16. The van der Waals surface area contributed by atoms with Crippen LogP contribution in [0, 0.1) is 27.7 Å². The molecule has 0 bridgehead atoms. The number of aryl methyl sites for hydroxylation is 4. The Hall–Kier alpha value is -2.27. The molecule has 1 aliphatic rings. The highest BCUT2D eigenvalue weighted by Gasteiger charge is 2.27. The maximum absolute atomic E-state index is 9.77. The molecule has 1 aliphatic heterocycles. The molecular weight excluding hydrogens is 326 g/mol. The van der Waals surface area contributed by atoms with Crippen LogP contribution in [0.5, 0.6) is 11.6 Å². The summed E-state index contributed by atoms with van der Waals surface area (Å²) in [6, 6.07) is 6.43. The Balaban J connectivity index is 2.05. The average molecular weight is 355 g/mol. The Morgan fingerprint density at radius 2 is 1.88 bits per heavy atom. The molecule has 0 saturated heterocycles. The molecule has 1 atom stereocenters. The highest BCUT2D eigenvalue weighted by Crippen LogP contribution is 2.41. The molecule has 1 aromatic carbocycles. The fraction of sp³-hybridized carbons (Fsp3) is 0.476. The molecular formula is C21H29N3O2. The van der Waals surface area contributed by atoms with Gasteiger partial charge in [-0.3, -0.25) is 0 Å². The van der Waals surface area contributed by atoms with Crippen molar-refractivity contribution >= 4 is 11.4 Å². The van der Waals surface area contributed by atoms with Crippen LogP contribution in [-0.2, 0) is 0 Å². The zero-order valence-electron chi connectivity index (χ0n) is 16.4. The fourth-order valence-electron chi connectivity index (χ4n) is 3.77. The number of fused-ring (bicyclic) bond motifs is 1. The van der Waals surface area contributed by atoms with Crippen molar-refractivity contribution in [1.82, 2.24) is 4.98 Å². The molecule has 0 spiro atoms. The maximum atomic E-state index is 9.77. The lowest BCUT2D eigenvalue weighted by atomic mass is 10.1. The molecule has 0 saturated carbocycles. The number of hydrogen-bond donors (Lipinski definition) is 2. The summed E-state index contributed by atoms with van der Waals surface area (Å²) in [6.07, 6.45) is 0.893. The Bertz CT molecular complexity index is 777. The summed E-state index contributed by atoms with van der Waals surface area (Å²) < 4.78 is 6.31. The van der Waals surface area contributed by atoms with Crippen LogP contribution in [-0.4, -0.2) is 35.8 Å². The summed E-state index contributed by atoms with van der Waals surface area (Å²) >= 11 is 0. The summed E-state index contributed by atoms with van der Waals surface area (Å²) in [5, 5.41) is 13.2. The monoisotopic (exact) mass is 355 g/mol. The molecule has 0 radical (unpaired) electrons. The molecule has 5 nitrogen and oxygen atoms in total. The van der Waals surface area contributed by atoms with Crippen molar-refractivity contribution in [3.8, 4) is 11.6 Å². The van der Waals surface area contributed by atoms with Gasteiger partial charge in [0.2, 0.25) is 5.88 Å². The van der Waals surface area contributed by atoms with E-state index < -0.39 is 0 Å². The number of hydrogen-bond acceptors (Lipinski definition) is 5. The summed E-state index contributed by atoms with van der Waals surface area (Å²) in [5.41, 5.74) is 6.31. The van der Waals surface area contributed by atoms with Crippen molar-refractivity contribution in [3.63, 3.8) is 0 Å². The van der Waals surface area contributed by atoms with Crippen molar-refractivity contribution < 1.29 is 9.84 Å². The minimum absolute atomic E-state index is 0.105. The Morgan fingerprint density at radius 3 is 2.50 bits per heavy atom. The van der Waals surface area contributed by atoms with Crippen molar-refractivity contribution in [2.75, 3.05) is 29.9 Å². The topological polar surface area (TPSA) is 57.6 Å². The number of aliphatic hydroxyl groups is 1. The number of benzene rings is 1. The summed E-state index contributed by atoms with van der Waals surface area (Å²) in [4.78, 5) is 6.92. The minimum Gasteiger partial charge on any atom is -0.436 e. The van der Waals surface area contributed by atoms with E-state index in [1.165, 1.54) is 5.56 Å². The van der Waals surface area contributed by atoms with Gasteiger partial charge in [0.15, 0.2) is 0 Å². The van der Waals surface area contributed by atoms with Gasteiger partial charge in [-0.1, -0.05) is 24.6 Å². The van der Waals surface area contributed by atoms with Crippen LogP contribution >= 0.6 is 0 Å². The van der Waals surface area contributed by atoms with E-state index in [1.807, 2.05) is 6.92 Å². The number of anilines is 2. The van der Waals surface area contributed by atoms with Crippen LogP contribution in [0.3, 0.4) is 0 Å². The van der Waals surface area contributed by atoms with Crippen LogP contribution < -0.4 is 15.0 Å². The van der Waals surface area contributed by atoms with Crippen LogP contribution in [0.4, 0.5) is 11.4 Å². The van der Waals surface area contributed by atoms with Crippen LogP contribution in [0.15, 0.2) is 18.2 Å². The van der Waals surface area contributed by atoms with E-state index >= 15 is 0 Å². The lowest BCUT2D eigenvalue weighted by Gasteiger charge is -2.37. The number of aliphatic hydroxyl groups excluding tert-OH is 1.